The summed E-state index contributed by atoms with van der Waals surface area (Å²) in [4.78, 5) is 16.5. The molecule has 27 heavy (non-hydrogen) atoms. The van der Waals surface area contributed by atoms with Gasteiger partial charge in [-0.3, -0.25) is 4.79 Å². The van der Waals surface area contributed by atoms with E-state index in [-0.39, 0.29) is 23.3 Å². The van der Waals surface area contributed by atoms with Gasteiger partial charge in [0.15, 0.2) is 5.65 Å². The first-order chi connectivity index (χ1) is 13.0. The van der Waals surface area contributed by atoms with Crippen LogP contribution in [0.3, 0.4) is 0 Å². The highest BCUT2D eigenvalue weighted by molar-refractivity contribution is 7.99. The first-order valence-electron chi connectivity index (χ1n) is 7.98. The summed E-state index contributed by atoms with van der Waals surface area (Å²) in [6.45, 7) is 0. The van der Waals surface area contributed by atoms with E-state index >= 15 is 0 Å². The molecule has 0 fully saturated rings. The second-order valence-electron chi connectivity index (χ2n) is 5.83. The minimum Gasteiger partial charge on any atom is -0.327 e. The Balaban J connectivity index is 1.52. The summed E-state index contributed by atoms with van der Waals surface area (Å²) in [5, 5.41) is 11.8. The van der Waals surface area contributed by atoms with Crippen LogP contribution in [0.1, 0.15) is 0 Å². The lowest BCUT2D eigenvalue weighted by Gasteiger charge is -2.04. The van der Waals surface area contributed by atoms with Crippen LogP contribution in [0, 0.1) is 11.6 Å². The molecule has 6 nitrogen and oxygen atoms in total. The van der Waals surface area contributed by atoms with Gasteiger partial charge in [0.2, 0.25) is 11.1 Å². The van der Waals surface area contributed by atoms with Gasteiger partial charge in [0.1, 0.15) is 17.2 Å². The van der Waals surface area contributed by atoms with Crippen molar-refractivity contribution in [1.82, 2.24) is 19.7 Å². The van der Waals surface area contributed by atoms with Gasteiger partial charge in [-0.05, 0) is 42.5 Å². The SMILES string of the molecule is Cn1c2ccc(F)cc2c2nnc(SCC(=O)Nc3ccc(F)cc3)nc21. The van der Waals surface area contributed by atoms with E-state index in [0.29, 0.717) is 27.4 Å². The van der Waals surface area contributed by atoms with E-state index in [2.05, 4.69) is 20.5 Å². The van der Waals surface area contributed by atoms with Gasteiger partial charge in [-0.15, -0.1) is 10.2 Å². The van der Waals surface area contributed by atoms with Crippen molar-refractivity contribution in [3.05, 3.63) is 54.1 Å². The highest BCUT2D eigenvalue weighted by atomic mass is 32.2. The van der Waals surface area contributed by atoms with E-state index in [4.69, 9.17) is 0 Å². The molecule has 2 heterocycles. The maximum absolute atomic E-state index is 13.5. The fraction of sp³-hybridized carbons (Fsp3) is 0.111. The Kier molecular flexibility index (Phi) is 4.44. The number of nitrogens with zero attached hydrogens (tertiary/aromatic N) is 4. The summed E-state index contributed by atoms with van der Waals surface area (Å²) in [5.41, 5.74) is 2.37. The van der Waals surface area contributed by atoms with Crippen molar-refractivity contribution in [3.8, 4) is 0 Å². The third-order valence-corrected chi connectivity index (χ3v) is 4.84. The van der Waals surface area contributed by atoms with Gasteiger partial charge >= 0.3 is 0 Å². The molecule has 0 saturated heterocycles. The van der Waals surface area contributed by atoms with Gasteiger partial charge in [0, 0.05) is 18.1 Å². The number of halogens is 2. The van der Waals surface area contributed by atoms with E-state index < -0.39 is 0 Å². The number of hydrogen-bond acceptors (Lipinski definition) is 5. The van der Waals surface area contributed by atoms with Gasteiger partial charge in [-0.1, -0.05) is 11.8 Å². The molecular formula is C18H13F2N5OS. The Labute approximate surface area is 156 Å². The first-order valence-corrected chi connectivity index (χ1v) is 8.96. The van der Waals surface area contributed by atoms with Gasteiger partial charge in [0.05, 0.1) is 11.3 Å². The molecule has 4 rings (SSSR count). The number of amides is 1. The molecule has 1 amide bonds. The molecule has 1 N–H and O–H groups in total. The summed E-state index contributed by atoms with van der Waals surface area (Å²) >= 11 is 1.13. The Hall–Kier alpha value is -3.07. The monoisotopic (exact) mass is 385 g/mol. The lowest BCUT2D eigenvalue weighted by atomic mass is 10.2. The van der Waals surface area contributed by atoms with Crippen molar-refractivity contribution in [3.63, 3.8) is 0 Å². The average molecular weight is 385 g/mol. The third-order valence-electron chi connectivity index (χ3n) is 4.00. The van der Waals surface area contributed by atoms with Crippen molar-refractivity contribution in [2.45, 2.75) is 5.16 Å². The molecule has 2 aromatic heterocycles. The van der Waals surface area contributed by atoms with Crippen LogP contribution in [-0.2, 0) is 11.8 Å². The normalized spacial score (nSPS) is 11.2. The Morgan fingerprint density at radius 1 is 1.11 bits per heavy atom. The Morgan fingerprint density at radius 2 is 1.85 bits per heavy atom. The molecule has 4 aromatic rings. The zero-order chi connectivity index (χ0) is 19.0. The minimum absolute atomic E-state index is 0.0726. The van der Waals surface area contributed by atoms with Crippen molar-refractivity contribution >= 4 is 45.4 Å². The lowest BCUT2D eigenvalue weighted by Crippen LogP contribution is -2.14. The van der Waals surface area contributed by atoms with Crippen molar-refractivity contribution in [2.75, 3.05) is 11.1 Å². The number of thioether (sulfide) groups is 1. The van der Waals surface area contributed by atoms with Crippen molar-refractivity contribution in [1.29, 1.82) is 0 Å². The highest BCUT2D eigenvalue weighted by Gasteiger charge is 2.14. The maximum Gasteiger partial charge on any atom is 0.234 e. The molecule has 0 saturated carbocycles. The molecule has 136 valence electrons. The molecule has 2 aromatic carbocycles. The quantitative estimate of drug-likeness (QED) is 0.544. The smallest absolute Gasteiger partial charge is 0.234 e. The van der Waals surface area contributed by atoms with Gasteiger partial charge < -0.3 is 9.88 Å². The average Bonchev–Trinajstić information content (AvgIpc) is 2.93. The molecule has 9 heteroatoms. The van der Waals surface area contributed by atoms with E-state index in [1.165, 1.54) is 36.4 Å². The summed E-state index contributed by atoms with van der Waals surface area (Å²) in [5.74, 6) is -0.921. The van der Waals surface area contributed by atoms with Crippen LogP contribution in [0.5, 0.6) is 0 Å². The molecule has 0 atom stereocenters. The fourth-order valence-corrected chi connectivity index (χ4v) is 3.32. The number of nitrogens with one attached hydrogen (secondary N) is 1. The van der Waals surface area contributed by atoms with Crippen LogP contribution in [0.4, 0.5) is 14.5 Å². The van der Waals surface area contributed by atoms with E-state index in [1.54, 1.807) is 10.6 Å². The minimum atomic E-state index is -0.370. The molecule has 0 spiro atoms. The Morgan fingerprint density at radius 3 is 2.63 bits per heavy atom. The highest BCUT2D eigenvalue weighted by Crippen LogP contribution is 2.26. The Bertz CT molecular complexity index is 1160. The van der Waals surface area contributed by atoms with Crippen LogP contribution in [0.15, 0.2) is 47.6 Å². The summed E-state index contributed by atoms with van der Waals surface area (Å²) < 4.78 is 28.2. The number of aromatic nitrogens is 4. The van der Waals surface area contributed by atoms with Crippen molar-refractivity contribution in [2.24, 2.45) is 7.05 Å². The number of carbonyl (C=O) groups excluding carboxylic acids is 1. The second-order valence-corrected chi connectivity index (χ2v) is 6.77. The molecule has 0 bridgehead atoms. The number of carbonyl (C=O) groups is 1. The standard InChI is InChI=1S/C18H13F2N5OS/c1-25-14-7-4-11(20)8-13(14)16-17(25)22-18(24-23-16)27-9-15(26)21-12-5-2-10(19)3-6-12/h2-8H,9H2,1H3,(H,21,26). The van der Waals surface area contributed by atoms with Crippen molar-refractivity contribution < 1.29 is 13.6 Å². The third kappa shape index (κ3) is 3.45. The fourth-order valence-electron chi connectivity index (χ4n) is 2.74. The predicted octanol–water partition coefficient (Wildman–Crippen LogP) is 3.53. The number of anilines is 1. The summed E-state index contributed by atoms with van der Waals surface area (Å²) in [6.07, 6.45) is 0. The second kappa shape index (κ2) is 6.92. The van der Waals surface area contributed by atoms with Crippen LogP contribution in [0.25, 0.3) is 22.1 Å². The van der Waals surface area contributed by atoms with Crippen LogP contribution < -0.4 is 5.32 Å². The van der Waals surface area contributed by atoms with Gasteiger partial charge in [-0.25, -0.2) is 13.8 Å². The van der Waals surface area contributed by atoms with Gasteiger partial charge in [-0.2, -0.15) is 0 Å². The van der Waals surface area contributed by atoms with Crippen LogP contribution >= 0.6 is 11.8 Å². The molecule has 0 radical (unpaired) electrons. The van der Waals surface area contributed by atoms with Gasteiger partial charge in [0.25, 0.3) is 0 Å². The summed E-state index contributed by atoms with van der Waals surface area (Å²) in [6, 6.07) is 9.95. The van der Waals surface area contributed by atoms with E-state index in [1.807, 2.05) is 7.05 Å². The molecule has 0 aliphatic rings. The lowest BCUT2D eigenvalue weighted by molar-refractivity contribution is -0.113. The molecular weight excluding hydrogens is 372 g/mol. The van der Waals surface area contributed by atoms with Crippen LogP contribution in [-0.4, -0.2) is 31.4 Å². The first kappa shape index (κ1) is 17.3. The zero-order valence-corrected chi connectivity index (χ0v) is 14.9. The number of hydrogen-bond donors (Lipinski definition) is 1. The van der Waals surface area contributed by atoms with Crippen LogP contribution in [0.2, 0.25) is 0 Å². The topological polar surface area (TPSA) is 72.7 Å². The number of aryl methyl sites for hydroxylation is 1. The summed E-state index contributed by atoms with van der Waals surface area (Å²) in [7, 11) is 1.81. The number of benzene rings is 2. The number of rotatable bonds is 4. The van der Waals surface area contributed by atoms with E-state index in [0.717, 1.165) is 17.3 Å². The molecule has 0 aliphatic carbocycles. The number of fused-ring (bicyclic) bond motifs is 3. The zero-order valence-electron chi connectivity index (χ0n) is 14.1. The van der Waals surface area contributed by atoms with E-state index in [9.17, 15) is 13.6 Å². The molecule has 0 unspecified atom stereocenters. The maximum atomic E-state index is 13.5. The molecule has 0 aliphatic heterocycles. The largest absolute Gasteiger partial charge is 0.327 e. The predicted molar refractivity (Wildman–Crippen MR) is 99.5 cm³/mol.